The molecule has 0 aliphatic carbocycles. The lowest BCUT2D eigenvalue weighted by Crippen LogP contribution is -2.33. The van der Waals surface area contributed by atoms with Crippen molar-refractivity contribution in [1.29, 1.82) is 0 Å². The molecule has 4 nitrogen and oxygen atoms in total. The molecule has 1 amide bonds. The molecule has 1 aliphatic heterocycles. The standard InChI is InChI=1S/C16H24ClN3O/c1-11(2)15(13-3-5-14(17)6-4-13)16(21)18-8-7-12-9-19-20-10-12/h3-6,11-12,15,19-20H,7-10H2,1-2H3,(H,18,21). The van der Waals surface area contributed by atoms with Crippen molar-refractivity contribution in [3.05, 3.63) is 34.9 Å². The highest BCUT2D eigenvalue weighted by Crippen LogP contribution is 2.26. The SMILES string of the molecule is CC(C)C(C(=O)NCCC1CNNC1)c1ccc(Cl)cc1. The van der Waals surface area contributed by atoms with E-state index in [0.717, 1.165) is 31.6 Å². The smallest absolute Gasteiger partial charge is 0.227 e. The van der Waals surface area contributed by atoms with E-state index in [0.29, 0.717) is 10.9 Å². The first-order valence-electron chi connectivity index (χ1n) is 7.57. The number of hydrazine groups is 1. The van der Waals surface area contributed by atoms with Gasteiger partial charge >= 0.3 is 0 Å². The van der Waals surface area contributed by atoms with E-state index >= 15 is 0 Å². The van der Waals surface area contributed by atoms with Gasteiger partial charge in [-0.3, -0.25) is 15.6 Å². The number of rotatable bonds is 6. The average molecular weight is 310 g/mol. The molecular weight excluding hydrogens is 286 g/mol. The zero-order chi connectivity index (χ0) is 15.2. The monoisotopic (exact) mass is 309 g/mol. The molecule has 21 heavy (non-hydrogen) atoms. The molecule has 1 heterocycles. The number of amides is 1. The van der Waals surface area contributed by atoms with E-state index in [1.165, 1.54) is 0 Å². The Bertz CT molecular complexity index is 455. The fourth-order valence-corrected chi connectivity index (χ4v) is 2.85. The van der Waals surface area contributed by atoms with E-state index in [9.17, 15) is 4.79 Å². The van der Waals surface area contributed by atoms with Gasteiger partial charge in [-0.25, -0.2) is 0 Å². The summed E-state index contributed by atoms with van der Waals surface area (Å²) in [6.45, 7) is 6.82. The lowest BCUT2D eigenvalue weighted by molar-refractivity contribution is -0.123. The first-order valence-corrected chi connectivity index (χ1v) is 7.94. The predicted molar refractivity (Wildman–Crippen MR) is 86.2 cm³/mol. The summed E-state index contributed by atoms with van der Waals surface area (Å²) in [6.07, 6.45) is 0.997. The van der Waals surface area contributed by atoms with Gasteiger partial charge in [0.1, 0.15) is 0 Å². The topological polar surface area (TPSA) is 53.2 Å². The molecule has 1 fully saturated rings. The molecule has 1 atom stereocenters. The molecule has 1 aromatic rings. The minimum Gasteiger partial charge on any atom is -0.356 e. The van der Waals surface area contributed by atoms with Gasteiger partial charge in [0, 0.05) is 24.7 Å². The van der Waals surface area contributed by atoms with Gasteiger partial charge < -0.3 is 5.32 Å². The van der Waals surface area contributed by atoms with Crippen LogP contribution in [-0.2, 0) is 4.79 Å². The van der Waals surface area contributed by atoms with Crippen LogP contribution in [0.5, 0.6) is 0 Å². The van der Waals surface area contributed by atoms with Crippen LogP contribution in [0, 0.1) is 11.8 Å². The lowest BCUT2D eigenvalue weighted by Gasteiger charge is -2.21. The van der Waals surface area contributed by atoms with E-state index in [1.54, 1.807) is 0 Å². The highest BCUT2D eigenvalue weighted by molar-refractivity contribution is 6.30. The molecule has 0 radical (unpaired) electrons. The van der Waals surface area contributed by atoms with Gasteiger partial charge in [0.05, 0.1) is 5.92 Å². The minimum atomic E-state index is -0.123. The van der Waals surface area contributed by atoms with E-state index in [4.69, 9.17) is 11.6 Å². The molecule has 5 heteroatoms. The van der Waals surface area contributed by atoms with Crippen LogP contribution in [0.1, 0.15) is 31.7 Å². The molecule has 116 valence electrons. The number of halogens is 1. The molecule has 0 spiro atoms. The summed E-state index contributed by atoms with van der Waals surface area (Å²) >= 11 is 5.92. The van der Waals surface area contributed by atoms with Crippen molar-refractivity contribution in [2.75, 3.05) is 19.6 Å². The van der Waals surface area contributed by atoms with Crippen molar-refractivity contribution in [3.63, 3.8) is 0 Å². The van der Waals surface area contributed by atoms with Gasteiger partial charge in [0.2, 0.25) is 5.91 Å². The molecule has 1 aliphatic rings. The summed E-state index contributed by atoms with van der Waals surface area (Å²) < 4.78 is 0. The van der Waals surface area contributed by atoms with Crippen molar-refractivity contribution in [2.24, 2.45) is 11.8 Å². The second-order valence-corrected chi connectivity index (χ2v) is 6.42. The first kappa shape index (κ1) is 16.3. The van der Waals surface area contributed by atoms with Gasteiger partial charge in [0.25, 0.3) is 0 Å². The Kier molecular flexibility index (Phi) is 6.03. The van der Waals surface area contributed by atoms with Crippen molar-refractivity contribution in [2.45, 2.75) is 26.2 Å². The molecule has 0 saturated carbocycles. The van der Waals surface area contributed by atoms with Crippen LogP contribution in [0.15, 0.2) is 24.3 Å². The maximum absolute atomic E-state index is 12.5. The maximum Gasteiger partial charge on any atom is 0.227 e. The van der Waals surface area contributed by atoms with E-state index in [2.05, 4.69) is 30.0 Å². The maximum atomic E-state index is 12.5. The van der Waals surface area contributed by atoms with Gasteiger partial charge in [-0.15, -0.1) is 0 Å². The van der Waals surface area contributed by atoms with E-state index in [-0.39, 0.29) is 17.7 Å². The van der Waals surface area contributed by atoms with Crippen LogP contribution in [0.25, 0.3) is 0 Å². The number of carbonyl (C=O) groups is 1. The summed E-state index contributed by atoms with van der Waals surface area (Å²) in [4.78, 5) is 12.5. The third-order valence-electron chi connectivity index (χ3n) is 3.94. The molecular formula is C16H24ClN3O. The fourth-order valence-electron chi connectivity index (χ4n) is 2.73. The van der Waals surface area contributed by atoms with E-state index < -0.39 is 0 Å². The lowest BCUT2D eigenvalue weighted by atomic mass is 9.87. The first-order chi connectivity index (χ1) is 10.1. The Hall–Kier alpha value is -1.10. The Morgan fingerprint density at radius 3 is 2.48 bits per heavy atom. The molecule has 1 aromatic carbocycles. The second-order valence-electron chi connectivity index (χ2n) is 5.98. The third-order valence-corrected chi connectivity index (χ3v) is 4.19. The molecule has 0 bridgehead atoms. The van der Waals surface area contributed by atoms with Crippen LogP contribution in [0.3, 0.4) is 0 Å². The molecule has 1 unspecified atom stereocenters. The minimum absolute atomic E-state index is 0.103. The Morgan fingerprint density at radius 1 is 1.29 bits per heavy atom. The number of hydrogen-bond donors (Lipinski definition) is 3. The third kappa shape index (κ3) is 4.70. The quantitative estimate of drug-likeness (QED) is 0.756. The normalized spacial score (nSPS) is 17.1. The molecule has 0 aromatic heterocycles. The number of nitrogens with one attached hydrogen (secondary N) is 3. The summed E-state index contributed by atoms with van der Waals surface area (Å²) in [6, 6.07) is 7.57. The summed E-state index contributed by atoms with van der Waals surface area (Å²) in [5, 5.41) is 3.77. The summed E-state index contributed by atoms with van der Waals surface area (Å²) in [7, 11) is 0. The predicted octanol–water partition coefficient (Wildman–Crippen LogP) is 2.31. The van der Waals surface area contributed by atoms with Gasteiger partial charge in [-0.2, -0.15) is 0 Å². The zero-order valence-electron chi connectivity index (χ0n) is 12.7. The molecule has 3 N–H and O–H groups in total. The van der Waals surface area contributed by atoms with Crippen molar-refractivity contribution < 1.29 is 4.79 Å². The van der Waals surface area contributed by atoms with Gasteiger partial charge in [-0.1, -0.05) is 37.6 Å². The summed E-state index contributed by atoms with van der Waals surface area (Å²) in [5.74, 6) is 0.827. The Balaban J connectivity index is 1.90. The molecule has 1 saturated heterocycles. The average Bonchev–Trinajstić information content (AvgIpc) is 2.94. The van der Waals surface area contributed by atoms with Gasteiger partial charge in [0.15, 0.2) is 0 Å². The van der Waals surface area contributed by atoms with Crippen LogP contribution >= 0.6 is 11.6 Å². The Morgan fingerprint density at radius 2 is 1.90 bits per heavy atom. The van der Waals surface area contributed by atoms with Crippen molar-refractivity contribution in [3.8, 4) is 0 Å². The number of carbonyl (C=O) groups excluding carboxylic acids is 1. The van der Waals surface area contributed by atoms with Crippen LogP contribution in [-0.4, -0.2) is 25.5 Å². The van der Waals surface area contributed by atoms with E-state index in [1.807, 2.05) is 24.3 Å². The summed E-state index contributed by atoms with van der Waals surface area (Å²) in [5.41, 5.74) is 7.24. The number of benzene rings is 1. The fraction of sp³-hybridized carbons (Fsp3) is 0.562. The van der Waals surface area contributed by atoms with Crippen LogP contribution in [0.4, 0.5) is 0 Å². The largest absolute Gasteiger partial charge is 0.356 e. The van der Waals surface area contributed by atoms with Gasteiger partial charge in [-0.05, 0) is 36.0 Å². The Labute approximate surface area is 131 Å². The van der Waals surface area contributed by atoms with Crippen LogP contribution < -0.4 is 16.2 Å². The van der Waals surface area contributed by atoms with Crippen molar-refractivity contribution in [1.82, 2.24) is 16.2 Å². The number of hydrogen-bond acceptors (Lipinski definition) is 3. The second kappa shape index (κ2) is 7.78. The zero-order valence-corrected chi connectivity index (χ0v) is 13.4. The highest BCUT2D eigenvalue weighted by atomic mass is 35.5. The van der Waals surface area contributed by atoms with Crippen molar-refractivity contribution >= 4 is 17.5 Å². The molecule has 2 rings (SSSR count). The van der Waals surface area contributed by atoms with Crippen LogP contribution in [0.2, 0.25) is 5.02 Å². The highest BCUT2D eigenvalue weighted by Gasteiger charge is 2.24.